The number of ether oxygens (including phenoxy) is 4. The second-order valence-corrected chi connectivity index (χ2v) is 14.9. The number of esters is 1. The third kappa shape index (κ3) is 8.47. The van der Waals surface area contributed by atoms with E-state index in [0.29, 0.717) is 6.54 Å². The number of anilines is 1. The number of benzene rings is 2. The van der Waals surface area contributed by atoms with Gasteiger partial charge in [0.1, 0.15) is 23.4 Å². The predicted molar refractivity (Wildman–Crippen MR) is 206 cm³/mol. The maximum absolute atomic E-state index is 14.3. The predicted octanol–water partition coefficient (Wildman–Crippen LogP) is 5.25. The molecule has 3 heterocycles. The molecule has 3 aliphatic heterocycles. The lowest BCUT2D eigenvalue weighted by atomic mass is 9.78. The van der Waals surface area contributed by atoms with Crippen molar-refractivity contribution in [1.29, 1.82) is 0 Å². The minimum Gasteiger partial charge on any atom is -0.507 e. The van der Waals surface area contributed by atoms with E-state index in [1.807, 2.05) is 6.92 Å². The number of nitrogens with one attached hydrogen (secondary N) is 2. The maximum atomic E-state index is 14.3. The minimum absolute atomic E-state index is 0.0284. The molecule has 55 heavy (non-hydrogen) atoms. The molecule has 1 amide bonds. The highest BCUT2D eigenvalue weighted by Gasteiger charge is 2.50. The molecular weight excluding hydrogens is 712 g/mol. The number of hydrogen-bond acceptors (Lipinski definition) is 13. The average Bonchev–Trinajstić information content (AvgIpc) is 3.41. The first-order valence-electron chi connectivity index (χ1n) is 18.6. The molecule has 0 unspecified atom stereocenters. The number of carbonyl (C=O) groups excluding carboxylic acids is 3. The van der Waals surface area contributed by atoms with Gasteiger partial charge < -0.3 is 55.1 Å². The molecule has 5 bridgehead atoms. The van der Waals surface area contributed by atoms with Gasteiger partial charge in [-0.2, -0.15) is 0 Å². The molecule has 302 valence electrons. The fraction of sp³-hybridized carbons (Fsp3) is 0.537. The van der Waals surface area contributed by atoms with E-state index in [2.05, 4.69) is 10.6 Å². The van der Waals surface area contributed by atoms with Crippen LogP contribution in [0.15, 0.2) is 36.1 Å². The fourth-order valence-corrected chi connectivity index (χ4v) is 7.35. The van der Waals surface area contributed by atoms with Crippen molar-refractivity contribution in [3.63, 3.8) is 0 Å². The zero-order valence-electron chi connectivity index (χ0n) is 33.2. The molecule has 0 fully saturated rings. The number of phenolic OH excluding ortho intramolecular Hbond substituents is 3. The molecular formula is C41H56N2O12. The number of ketones is 1. The molecule has 7 N–H and O–H groups in total. The Morgan fingerprint density at radius 2 is 1.64 bits per heavy atom. The van der Waals surface area contributed by atoms with Crippen LogP contribution in [0.1, 0.15) is 83.3 Å². The topological polar surface area (TPSA) is 213 Å². The summed E-state index contributed by atoms with van der Waals surface area (Å²) in [7, 11) is 1.44. The SMILES string of the molecule is CCCNCc1c2c(O)c3c(O)c(C)c4c(c3c1O)C(=O)[C@@](C)(OC=C[C@H](OC)[C@H](C)[C@H](OC(C)=O)[C@H](C)[C@H](O)[C@H](C)[C@H](O)[C@@H](C)C=CC=C(C)C(=O)N2)O4. The van der Waals surface area contributed by atoms with Crippen molar-refractivity contribution in [3.05, 3.63) is 52.8 Å². The Morgan fingerprint density at radius 1 is 0.964 bits per heavy atom. The van der Waals surface area contributed by atoms with Gasteiger partial charge in [0.25, 0.3) is 11.7 Å². The summed E-state index contributed by atoms with van der Waals surface area (Å²) in [5.74, 6) is -7.97. The number of carbonyl (C=O) groups is 3. The van der Waals surface area contributed by atoms with Crippen LogP contribution in [0, 0.1) is 30.6 Å². The third-order valence-corrected chi connectivity index (χ3v) is 10.8. The Morgan fingerprint density at radius 3 is 2.25 bits per heavy atom. The minimum atomic E-state index is -2.01. The number of phenols is 3. The van der Waals surface area contributed by atoms with E-state index in [-0.39, 0.29) is 51.0 Å². The van der Waals surface area contributed by atoms with Crippen molar-refractivity contribution in [2.24, 2.45) is 23.7 Å². The number of aromatic hydroxyl groups is 3. The van der Waals surface area contributed by atoms with Crippen molar-refractivity contribution in [2.75, 3.05) is 19.0 Å². The molecule has 5 rings (SSSR count). The number of aliphatic hydroxyl groups excluding tert-OH is 2. The second kappa shape index (κ2) is 17.4. The molecule has 9 atom stereocenters. The lowest BCUT2D eigenvalue weighted by Crippen LogP contribution is -2.46. The van der Waals surface area contributed by atoms with Gasteiger partial charge in [-0.3, -0.25) is 14.4 Å². The number of allylic oxidation sites excluding steroid dienone is 2. The Kier molecular flexibility index (Phi) is 13.7. The Labute approximate surface area is 321 Å². The molecule has 0 spiro atoms. The third-order valence-electron chi connectivity index (χ3n) is 10.8. The number of hydrogen-bond donors (Lipinski definition) is 7. The van der Waals surface area contributed by atoms with E-state index in [0.717, 1.165) is 6.42 Å². The van der Waals surface area contributed by atoms with Crippen LogP contribution in [-0.4, -0.2) is 87.0 Å². The van der Waals surface area contributed by atoms with E-state index in [1.54, 1.807) is 39.8 Å². The highest BCUT2D eigenvalue weighted by Crippen LogP contribution is 2.55. The summed E-state index contributed by atoms with van der Waals surface area (Å²) in [4.78, 5) is 40.1. The van der Waals surface area contributed by atoms with Crippen LogP contribution >= 0.6 is 0 Å². The van der Waals surface area contributed by atoms with Gasteiger partial charge in [-0.15, -0.1) is 0 Å². The molecule has 0 radical (unpaired) electrons. The molecule has 0 aromatic heterocycles. The van der Waals surface area contributed by atoms with Crippen LogP contribution < -0.4 is 15.4 Å². The summed E-state index contributed by atoms with van der Waals surface area (Å²) in [5, 5.41) is 63.2. The van der Waals surface area contributed by atoms with Crippen LogP contribution in [0.5, 0.6) is 23.0 Å². The zero-order chi connectivity index (χ0) is 41.1. The Hall–Kier alpha value is -4.63. The van der Waals surface area contributed by atoms with Gasteiger partial charge in [0.2, 0.25) is 0 Å². The molecule has 0 aliphatic carbocycles. The van der Waals surface area contributed by atoms with E-state index < -0.39 is 88.8 Å². The highest BCUT2D eigenvalue weighted by atomic mass is 16.7. The van der Waals surface area contributed by atoms with Gasteiger partial charge >= 0.3 is 11.8 Å². The van der Waals surface area contributed by atoms with Crippen molar-refractivity contribution < 1.29 is 58.9 Å². The molecule has 0 saturated heterocycles. The molecule has 2 aromatic carbocycles. The van der Waals surface area contributed by atoms with Gasteiger partial charge in [0.05, 0.1) is 41.2 Å². The van der Waals surface area contributed by atoms with E-state index in [9.17, 15) is 39.9 Å². The summed E-state index contributed by atoms with van der Waals surface area (Å²) in [6, 6.07) is 0. The molecule has 2 aromatic rings. The largest absolute Gasteiger partial charge is 0.507 e. The van der Waals surface area contributed by atoms with Crippen molar-refractivity contribution in [2.45, 2.75) is 105 Å². The maximum Gasteiger partial charge on any atom is 0.312 e. The highest BCUT2D eigenvalue weighted by molar-refractivity contribution is 6.22. The van der Waals surface area contributed by atoms with E-state index in [1.165, 1.54) is 53.2 Å². The summed E-state index contributed by atoms with van der Waals surface area (Å²) in [5.41, 5.74) is 0.0354. The number of methoxy groups -OCH3 is 1. The quantitative estimate of drug-likeness (QED) is 0.0867. The average molecular weight is 769 g/mol. The molecule has 3 aliphatic rings. The molecule has 14 heteroatoms. The van der Waals surface area contributed by atoms with Gasteiger partial charge in [0.15, 0.2) is 5.75 Å². The van der Waals surface area contributed by atoms with Crippen LogP contribution in [-0.2, 0) is 30.3 Å². The smallest absolute Gasteiger partial charge is 0.312 e. The van der Waals surface area contributed by atoms with Gasteiger partial charge in [0, 0.05) is 73.3 Å². The van der Waals surface area contributed by atoms with Crippen molar-refractivity contribution in [3.8, 4) is 23.0 Å². The fourth-order valence-electron chi connectivity index (χ4n) is 7.35. The van der Waals surface area contributed by atoms with Crippen LogP contribution in [0.3, 0.4) is 0 Å². The van der Waals surface area contributed by atoms with Gasteiger partial charge in [-0.05, 0) is 32.9 Å². The van der Waals surface area contributed by atoms with Crippen LogP contribution in [0.25, 0.3) is 10.8 Å². The Bertz CT molecular complexity index is 1890. The number of aliphatic hydroxyl groups is 2. The summed E-state index contributed by atoms with van der Waals surface area (Å²) in [6.07, 6.45) is 4.40. The number of rotatable bonds is 6. The monoisotopic (exact) mass is 768 g/mol. The number of fused-ring (bicyclic) bond motifs is 14. The van der Waals surface area contributed by atoms with Crippen LogP contribution in [0.4, 0.5) is 5.69 Å². The van der Waals surface area contributed by atoms with Crippen molar-refractivity contribution in [1.82, 2.24) is 5.32 Å². The van der Waals surface area contributed by atoms with Crippen molar-refractivity contribution >= 4 is 34.1 Å². The number of Topliss-reactive ketones (excluding diaryl/α,β-unsaturated/α-hetero) is 1. The summed E-state index contributed by atoms with van der Waals surface area (Å²) >= 11 is 0. The van der Waals surface area contributed by atoms with Gasteiger partial charge in [-0.25, -0.2) is 0 Å². The lowest BCUT2D eigenvalue weighted by Gasteiger charge is -2.38. The Balaban J connectivity index is 1.95. The first kappa shape index (κ1) is 43.1. The standard InChI is InChI=1S/C41H56N2O12/c1-11-16-42-18-26-31-36(49)29-28(35(26)48)30-38(24(7)34(29)47)55-41(9,39(30)50)53-17-15-27(52-10)21(4)37(54-25(8)44)23(6)33(46)22(5)32(45)19(2)13-12-14-20(3)40(51)43-31/h12-15,17,19,21-23,27,32-33,37,42,45-49H,11,16,18H2,1-10H3,(H,43,51)/t19-,21-,22+,23+,27-,32+,33+,37-,41-/m0/s1. The first-order chi connectivity index (χ1) is 25.8. The number of amides is 1. The molecule has 0 saturated carbocycles. The van der Waals surface area contributed by atoms with Gasteiger partial charge in [-0.1, -0.05) is 52.8 Å². The van der Waals surface area contributed by atoms with E-state index >= 15 is 0 Å². The van der Waals surface area contributed by atoms with Crippen LogP contribution in [0.2, 0.25) is 0 Å². The second-order valence-electron chi connectivity index (χ2n) is 14.9. The lowest BCUT2D eigenvalue weighted by molar-refractivity contribution is -0.160. The summed E-state index contributed by atoms with van der Waals surface area (Å²) < 4.78 is 23.5. The molecule has 14 nitrogen and oxygen atoms in total. The normalized spacial score (nSPS) is 29.2. The summed E-state index contributed by atoms with van der Waals surface area (Å²) in [6.45, 7) is 15.0. The van der Waals surface area contributed by atoms with E-state index in [4.69, 9.17) is 18.9 Å². The first-order valence-corrected chi connectivity index (χ1v) is 18.6. The zero-order valence-corrected chi connectivity index (χ0v) is 33.2.